The average Bonchev–Trinajstić information content (AvgIpc) is 2.80. The SMILES string of the molecule is O=C1c2ccccc2C(=O)c2c1cc(NS(=O)(=O)c1cccc3cccnc13)c(O)c2O. The van der Waals surface area contributed by atoms with Gasteiger partial charge in [-0.2, -0.15) is 0 Å². The Balaban J connectivity index is 1.65. The molecular weight excluding hydrogens is 432 g/mol. The number of phenolic OH excluding ortho intramolecular Hbond substituents is 2. The maximum absolute atomic E-state index is 13.1. The first kappa shape index (κ1) is 19.7. The third-order valence-electron chi connectivity index (χ3n) is 5.29. The highest BCUT2D eigenvalue weighted by atomic mass is 32.2. The van der Waals surface area contributed by atoms with Gasteiger partial charge in [0.15, 0.2) is 23.1 Å². The zero-order valence-electron chi connectivity index (χ0n) is 16.2. The summed E-state index contributed by atoms with van der Waals surface area (Å²) in [6, 6.07) is 15.1. The first-order valence-electron chi connectivity index (χ1n) is 9.43. The van der Waals surface area contributed by atoms with Gasteiger partial charge in [-0.1, -0.05) is 42.5 Å². The lowest BCUT2D eigenvalue weighted by molar-refractivity contribution is 0.0976. The molecule has 0 aliphatic heterocycles. The van der Waals surface area contributed by atoms with E-state index in [1.165, 1.54) is 24.4 Å². The predicted molar refractivity (Wildman–Crippen MR) is 116 cm³/mol. The van der Waals surface area contributed by atoms with E-state index in [4.69, 9.17) is 0 Å². The Bertz CT molecular complexity index is 1570. The minimum absolute atomic E-state index is 0.0925. The van der Waals surface area contributed by atoms with Gasteiger partial charge >= 0.3 is 0 Å². The molecule has 1 aliphatic carbocycles. The zero-order valence-corrected chi connectivity index (χ0v) is 17.1. The Hall–Kier alpha value is -4.24. The first-order valence-corrected chi connectivity index (χ1v) is 10.9. The van der Waals surface area contributed by atoms with E-state index in [1.807, 2.05) is 0 Å². The molecule has 0 atom stereocenters. The van der Waals surface area contributed by atoms with Crippen LogP contribution in [0.3, 0.4) is 0 Å². The summed E-state index contributed by atoms with van der Waals surface area (Å²) in [5.74, 6) is -2.95. The fourth-order valence-corrected chi connectivity index (χ4v) is 5.03. The molecule has 4 aromatic rings. The number of phenols is 2. The summed E-state index contributed by atoms with van der Waals surface area (Å²) in [5, 5.41) is 21.6. The summed E-state index contributed by atoms with van der Waals surface area (Å²) < 4.78 is 28.4. The fraction of sp³-hybridized carbons (Fsp3) is 0. The lowest BCUT2D eigenvalue weighted by atomic mass is 9.83. The average molecular weight is 446 g/mol. The Morgan fingerprint density at radius 2 is 1.47 bits per heavy atom. The zero-order chi connectivity index (χ0) is 22.6. The molecule has 0 spiro atoms. The number of benzene rings is 3. The number of fused-ring (bicyclic) bond motifs is 3. The molecule has 5 rings (SSSR count). The lowest BCUT2D eigenvalue weighted by Crippen LogP contribution is -2.22. The number of nitrogens with zero attached hydrogens (tertiary/aromatic N) is 1. The number of pyridine rings is 1. The molecule has 0 radical (unpaired) electrons. The van der Waals surface area contributed by atoms with E-state index in [0.717, 1.165) is 6.07 Å². The molecule has 1 aromatic heterocycles. The van der Waals surface area contributed by atoms with Gasteiger partial charge in [-0.3, -0.25) is 19.3 Å². The van der Waals surface area contributed by atoms with E-state index in [9.17, 15) is 28.2 Å². The monoisotopic (exact) mass is 446 g/mol. The summed E-state index contributed by atoms with van der Waals surface area (Å²) in [6.07, 6.45) is 1.45. The number of aromatic nitrogens is 1. The van der Waals surface area contributed by atoms with E-state index >= 15 is 0 Å². The molecule has 158 valence electrons. The van der Waals surface area contributed by atoms with Crippen LogP contribution in [0.5, 0.6) is 11.5 Å². The van der Waals surface area contributed by atoms with Gasteiger partial charge in [0.2, 0.25) is 0 Å². The molecule has 9 heteroatoms. The third-order valence-corrected chi connectivity index (χ3v) is 6.69. The highest BCUT2D eigenvalue weighted by Gasteiger charge is 2.35. The van der Waals surface area contributed by atoms with E-state index in [2.05, 4.69) is 9.71 Å². The van der Waals surface area contributed by atoms with Crippen LogP contribution in [0.25, 0.3) is 10.9 Å². The predicted octanol–water partition coefficient (Wildman–Crippen LogP) is 3.22. The van der Waals surface area contributed by atoms with Crippen molar-refractivity contribution in [2.24, 2.45) is 0 Å². The van der Waals surface area contributed by atoms with Crippen molar-refractivity contribution in [2.75, 3.05) is 4.72 Å². The van der Waals surface area contributed by atoms with Crippen LogP contribution >= 0.6 is 0 Å². The first-order chi connectivity index (χ1) is 15.3. The Morgan fingerprint density at radius 3 is 2.22 bits per heavy atom. The molecule has 1 heterocycles. The smallest absolute Gasteiger partial charge is 0.264 e. The molecule has 0 fully saturated rings. The molecule has 0 amide bonds. The number of carbonyl (C=O) groups excluding carboxylic acids is 2. The van der Waals surface area contributed by atoms with Crippen molar-refractivity contribution >= 4 is 38.2 Å². The normalized spacial score (nSPS) is 13.0. The highest BCUT2D eigenvalue weighted by molar-refractivity contribution is 7.93. The van der Waals surface area contributed by atoms with Gasteiger partial charge in [0, 0.05) is 28.3 Å². The maximum Gasteiger partial charge on any atom is 0.264 e. The van der Waals surface area contributed by atoms with Crippen LogP contribution in [0.4, 0.5) is 5.69 Å². The Labute approximate surface area is 181 Å². The second-order valence-electron chi connectivity index (χ2n) is 7.18. The standard InChI is InChI=1S/C23H14N2O6S/c26-20-13-7-1-2-8-14(13)21(27)18-15(20)11-16(22(28)23(18)29)25-32(30,31)17-9-3-5-12-6-4-10-24-19(12)17/h1-11,25,28-29H. The van der Waals surface area contributed by atoms with E-state index in [1.54, 1.807) is 36.4 Å². The van der Waals surface area contributed by atoms with Gasteiger partial charge < -0.3 is 10.2 Å². The van der Waals surface area contributed by atoms with Gasteiger partial charge in [-0.15, -0.1) is 0 Å². The van der Waals surface area contributed by atoms with Crippen molar-refractivity contribution in [1.82, 2.24) is 4.98 Å². The number of hydrogen-bond donors (Lipinski definition) is 3. The number of carbonyl (C=O) groups is 2. The Kier molecular flexibility index (Phi) is 4.24. The molecule has 0 unspecified atom stereocenters. The molecule has 32 heavy (non-hydrogen) atoms. The third kappa shape index (κ3) is 2.83. The topological polar surface area (TPSA) is 134 Å². The molecule has 8 nitrogen and oxygen atoms in total. The number of rotatable bonds is 3. The molecular formula is C23H14N2O6S. The van der Waals surface area contributed by atoms with Gasteiger partial charge in [0.25, 0.3) is 10.0 Å². The number of para-hydroxylation sites is 1. The van der Waals surface area contributed by atoms with Crippen LogP contribution in [0.2, 0.25) is 0 Å². The molecule has 0 bridgehead atoms. The van der Waals surface area contributed by atoms with Crippen LogP contribution in [-0.2, 0) is 10.0 Å². The lowest BCUT2D eigenvalue weighted by Gasteiger charge is -2.21. The summed E-state index contributed by atoms with van der Waals surface area (Å²) >= 11 is 0. The molecule has 3 aromatic carbocycles. The van der Waals surface area contributed by atoms with Crippen molar-refractivity contribution in [2.45, 2.75) is 4.90 Å². The van der Waals surface area contributed by atoms with E-state index in [-0.39, 0.29) is 32.7 Å². The highest BCUT2D eigenvalue weighted by Crippen LogP contribution is 2.43. The molecule has 3 N–H and O–H groups in total. The van der Waals surface area contributed by atoms with Crippen molar-refractivity contribution in [3.63, 3.8) is 0 Å². The second-order valence-corrected chi connectivity index (χ2v) is 8.84. The van der Waals surface area contributed by atoms with Gasteiger partial charge in [-0.25, -0.2) is 8.42 Å². The van der Waals surface area contributed by atoms with E-state index < -0.39 is 38.8 Å². The fourth-order valence-electron chi connectivity index (χ4n) is 3.80. The van der Waals surface area contributed by atoms with Crippen molar-refractivity contribution < 1.29 is 28.2 Å². The second kappa shape index (κ2) is 6.89. The summed E-state index contributed by atoms with van der Waals surface area (Å²) in [6.45, 7) is 0. The Morgan fingerprint density at radius 1 is 0.781 bits per heavy atom. The number of aromatic hydroxyl groups is 2. The van der Waals surface area contributed by atoms with E-state index in [0.29, 0.717) is 5.39 Å². The minimum atomic E-state index is -4.28. The summed E-state index contributed by atoms with van der Waals surface area (Å²) in [7, 11) is -4.28. The summed E-state index contributed by atoms with van der Waals surface area (Å²) in [4.78, 5) is 29.7. The van der Waals surface area contributed by atoms with Crippen LogP contribution in [0.15, 0.2) is 71.8 Å². The quantitative estimate of drug-likeness (QED) is 0.362. The summed E-state index contributed by atoms with van der Waals surface area (Å²) in [5.41, 5.74) is -0.588. The van der Waals surface area contributed by atoms with Crippen LogP contribution < -0.4 is 4.72 Å². The molecule has 0 saturated heterocycles. The van der Waals surface area contributed by atoms with Crippen molar-refractivity contribution in [3.8, 4) is 11.5 Å². The van der Waals surface area contributed by atoms with Gasteiger partial charge in [-0.05, 0) is 18.2 Å². The van der Waals surface area contributed by atoms with Gasteiger partial charge in [0.05, 0.1) is 16.8 Å². The number of anilines is 1. The van der Waals surface area contributed by atoms with Crippen LogP contribution in [0, 0.1) is 0 Å². The van der Waals surface area contributed by atoms with Crippen molar-refractivity contribution in [1.29, 1.82) is 0 Å². The minimum Gasteiger partial charge on any atom is -0.504 e. The number of ketones is 2. The number of hydrogen-bond acceptors (Lipinski definition) is 7. The number of nitrogens with one attached hydrogen (secondary N) is 1. The molecule has 0 saturated carbocycles. The van der Waals surface area contributed by atoms with Crippen LogP contribution in [-0.4, -0.2) is 35.2 Å². The van der Waals surface area contributed by atoms with Gasteiger partial charge in [0.1, 0.15) is 4.90 Å². The largest absolute Gasteiger partial charge is 0.504 e. The number of sulfonamides is 1. The van der Waals surface area contributed by atoms with Crippen molar-refractivity contribution in [3.05, 3.63) is 89.1 Å². The maximum atomic E-state index is 13.1. The van der Waals surface area contributed by atoms with Crippen LogP contribution in [0.1, 0.15) is 31.8 Å². The molecule has 1 aliphatic rings.